The van der Waals surface area contributed by atoms with Gasteiger partial charge in [-0.25, -0.2) is 8.78 Å². The second kappa shape index (κ2) is 2.90. The number of hydrogen-bond donors (Lipinski definition) is 2. The molecule has 0 aromatic heterocycles. The molecule has 1 saturated carbocycles. The van der Waals surface area contributed by atoms with Gasteiger partial charge in [0.15, 0.2) is 11.6 Å². The van der Waals surface area contributed by atoms with Crippen molar-refractivity contribution in [1.29, 1.82) is 0 Å². The van der Waals surface area contributed by atoms with Crippen LogP contribution in [0.25, 0.3) is 0 Å². The van der Waals surface area contributed by atoms with E-state index in [0.29, 0.717) is 12.8 Å². The topological polar surface area (TPSA) is 40.5 Å². The molecule has 0 aliphatic heterocycles. The fourth-order valence-corrected chi connectivity index (χ4v) is 1.78. The van der Waals surface area contributed by atoms with Crippen LogP contribution in [0, 0.1) is 11.6 Å². The third-order valence-corrected chi connectivity index (χ3v) is 2.91. The number of hydrogen-bond acceptors (Lipinski definition) is 2. The Morgan fingerprint density at radius 1 is 1.36 bits per heavy atom. The number of phenols is 1. The quantitative estimate of drug-likeness (QED) is 0.765. The van der Waals surface area contributed by atoms with Crippen molar-refractivity contribution in [2.75, 3.05) is 0 Å². The lowest BCUT2D eigenvalue weighted by Crippen LogP contribution is -2.09. The Hall–Kier alpha value is -0.680. The third kappa shape index (κ3) is 1.31. The maximum absolute atomic E-state index is 13.4. The predicted molar refractivity (Wildman–Crippen MR) is 48.9 cm³/mol. The molecule has 0 unspecified atom stereocenters. The van der Waals surface area contributed by atoms with Crippen LogP contribution in [0.4, 0.5) is 8.78 Å². The third-order valence-electron chi connectivity index (χ3n) is 2.33. The van der Waals surface area contributed by atoms with Gasteiger partial charge in [-0.15, -0.1) is 0 Å². The number of rotatable bonds is 1. The highest BCUT2D eigenvalue weighted by atomic mass is 79.9. The van der Waals surface area contributed by atoms with Crippen LogP contribution in [0.15, 0.2) is 10.5 Å². The highest BCUT2D eigenvalue weighted by Crippen LogP contribution is 2.51. The smallest absolute Gasteiger partial charge is 0.166 e. The molecular weight excluding hydrogens is 258 g/mol. The average molecular weight is 265 g/mol. The summed E-state index contributed by atoms with van der Waals surface area (Å²) in [5.41, 5.74) is -1.73. The minimum atomic E-state index is -1.39. The van der Waals surface area contributed by atoms with Gasteiger partial charge in [0, 0.05) is 0 Å². The summed E-state index contributed by atoms with van der Waals surface area (Å²) in [4.78, 5) is 0. The van der Waals surface area contributed by atoms with Gasteiger partial charge in [0.25, 0.3) is 0 Å². The van der Waals surface area contributed by atoms with Crippen molar-refractivity contribution in [3.63, 3.8) is 0 Å². The molecule has 2 nitrogen and oxygen atoms in total. The van der Waals surface area contributed by atoms with Crippen LogP contribution in [-0.2, 0) is 5.60 Å². The monoisotopic (exact) mass is 264 g/mol. The second-order valence-electron chi connectivity index (χ2n) is 3.41. The van der Waals surface area contributed by atoms with E-state index in [4.69, 9.17) is 0 Å². The van der Waals surface area contributed by atoms with Crippen LogP contribution >= 0.6 is 15.9 Å². The molecule has 0 heterocycles. The van der Waals surface area contributed by atoms with Crippen molar-refractivity contribution in [2.45, 2.75) is 18.4 Å². The Morgan fingerprint density at radius 2 is 1.93 bits per heavy atom. The molecule has 2 N–H and O–H groups in total. The minimum Gasteiger partial charge on any atom is -0.504 e. The summed E-state index contributed by atoms with van der Waals surface area (Å²) in [7, 11) is 0. The first kappa shape index (κ1) is 9.86. The Morgan fingerprint density at radius 3 is 2.43 bits per heavy atom. The maximum Gasteiger partial charge on any atom is 0.166 e. The number of benzene rings is 1. The Bertz CT molecular complexity index is 376. The minimum absolute atomic E-state index is 0.0943. The van der Waals surface area contributed by atoms with Crippen LogP contribution < -0.4 is 0 Å². The summed E-state index contributed by atoms with van der Waals surface area (Å²) in [6.45, 7) is 0. The Labute approximate surface area is 87.3 Å². The zero-order chi connectivity index (χ0) is 10.5. The Kier molecular flexibility index (Phi) is 2.04. The molecule has 1 aliphatic rings. The molecule has 0 spiro atoms. The van der Waals surface area contributed by atoms with E-state index >= 15 is 0 Å². The zero-order valence-corrected chi connectivity index (χ0v) is 8.61. The van der Waals surface area contributed by atoms with Crippen molar-refractivity contribution in [3.8, 4) is 5.75 Å². The molecular formula is C9H7BrF2O2. The molecule has 0 saturated heterocycles. The van der Waals surface area contributed by atoms with E-state index in [0.717, 1.165) is 6.07 Å². The molecule has 0 amide bonds. The van der Waals surface area contributed by atoms with Crippen molar-refractivity contribution < 1.29 is 19.0 Å². The van der Waals surface area contributed by atoms with Gasteiger partial charge in [0.2, 0.25) is 0 Å². The highest BCUT2D eigenvalue weighted by Gasteiger charge is 2.47. The number of aromatic hydroxyl groups is 1. The van der Waals surface area contributed by atoms with E-state index < -0.39 is 23.0 Å². The highest BCUT2D eigenvalue weighted by molar-refractivity contribution is 9.10. The van der Waals surface area contributed by atoms with Crippen molar-refractivity contribution in [3.05, 3.63) is 27.7 Å². The first-order valence-corrected chi connectivity index (χ1v) is 4.84. The lowest BCUT2D eigenvalue weighted by molar-refractivity contribution is 0.141. The van der Waals surface area contributed by atoms with Crippen molar-refractivity contribution in [1.82, 2.24) is 0 Å². The summed E-state index contributed by atoms with van der Waals surface area (Å²) in [6.07, 6.45) is 0.681. The van der Waals surface area contributed by atoms with E-state index in [1.54, 1.807) is 0 Å². The molecule has 1 aliphatic carbocycles. The van der Waals surface area contributed by atoms with Crippen LogP contribution in [0.2, 0.25) is 0 Å². The lowest BCUT2D eigenvalue weighted by Gasteiger charge is -2.13. The van der Waals surface area contributed by atoms with Crippen LogP contribution in [0.3, 0.4) is 0 Å². The molecule has 14 heavy (non-hydrogen) atoms. The summed E-state index contributed by atoms with van der Waals surface area (Å²) in [5, 5.41) is 18.9. The molecule has 0 bridgehead atoms. The van der Waals surface area contributed by atoms with E-state index in [2.05, 4.69) is 15.9 Å². The first-order chi connectivity index (χ1) is 6.46. The summed E-state index contributed by atoms with van der Waals surface area (Å²) >= 11 is 2.81. The molecule has 1 fully saturated rings. The molecule has 1 aromatic carbocycles. The predicted octanol–water partition coefficient (Wildman–Crippen LogP) is 2.41. The maximum atomic E-state index is 13.4. The molecule has 1 aromatic rings. The van der Waals surface area contributed by atoms with Crippen LogP contribution in [0.1, 0.15) is 18.4 Å². The van der Waals surface area contributed by atoms with Crippen LogP contribution in [-0.4, -0.2) is 10.2 Å². The van der Waals surface area contributed by atoms with E-state index in [1.807, 2.05) is 0 Å². The summed E-state index contributed by atoms with van der Waals surface area (Å²) in [6, 6.07) is 0.833. The van der Waals surface area contributed by atoms with Crippen LogP contribution in [0.5, 0.6) is 5.75 Å². The number of aliphatic hydroxyl groups is 1. The Balaban J connectivity index is 2.68. The van der Waals surface area contributed by atoms with Gasteiger partial charge in [-0.2, -0.15) is 0 Å². The fourth-order valence-electron chi connectivity index (χ4n) is 1.38. The first-order valence-electron chi connectivity index (χ1n) is 4.05. The standard InChI is InChI=1S/C9H7BrF2O2/c10-4-3-5(11)8(13)6(7(4)12)9(14)1-2-9/h3,13-14H,1-2H2. The molecule has 0 radical (unpaired) electrons. The van der Waals surface area contributed by atoms with E-state index in [9.17, 15) is 19.0 Å². The number of phenolic OH excluding ortho intramolecular Hbond substituents is 1. The molecule has 2 rings (SSSR count). The van der Waals surface area contributed by atoms with E-state index in [-0.39, 0.29) is 10.0 Å². The number of halogens is 3. The molecule has 76 valence electrons. The van der Waals surface area contributed by atoms with Gasteiger partial charge in [-0.3, -0.25) is 0 Å². The summed E-state index contributed by atoms with van der Waals surface area (Å²) < 4.78 is 26.4. The van der Waals surface area contributed by atoms with Gasteiger partial charge < -0.3 is 10.2 Å². The molecule has 5 heteroatoms. The van der Waals surface area contributed by atoms with Gasteiger partial charge in [0.05, 0.1) is 15.6 Å². The van der Waals surface area contributed by atoms with E-state index in [1.165, 1.54) is 0 Å². The largest absolute Gasteiger partial charge is 0.504 e. The average Bonchev–Trinajstić information content (AvgIpc) is 2.81. The van der Waals surface area contributed by atoms with Gasteiger partial charge in [-0.1, -0.05) is 0 Å². The van der Waals surface area contributed by atoms with Crippen molar-refractivity contribution >= 4 is 15.9 Å². The van der Waals surface area contributed by atoms with Gasteiger partial charge >= 0.3 is 0 Å². The molecule has 0 atom stereocenters. The van der Waals surface area contributed by atoms with Gasteiger partial charge in [-0.05, 0) is 34.8 Å². The van der Waals surface area contributed by atoms with Gasteiger partial charge in [0.1, 0.15) is 5.82 Å². The van der Waals surface area contributed by atoms with Crippen molar-refractivity contribution in [2.24, 2.45) is 0 Å². The second-order valence-corrected chi connectivity index (χ2v) is 4.26. The SMILES string of the molecule is Oc1c(F)cc(Br)c(F)c1C1(O)CC1. The lowest BCUT2D eigenvalue weighted by atomic mass is 10.1. The zero-order valence-electron chi connectivity index (χ0n) is 7.02. The normalized spacial score (nSPS) is 18.3. The fraction of sp³-hybridized carbons (Fsp3) is 0.333. The summed E-state index contributed by atoms with van der Waals surface area (Å²) in [5.74, 6) is -2.54.